The molecule has 0 fully saturated rings. The quantitative estimate of drug-likeness (QED) is 0.418. The first-order chi connectivity index (χ1) is 11.4. The first-order valence-electron chi connectivity index (χ1n) is 8.07. The monoisotopic (exact) mass is 406 g/mol. The molecule has 3 nitrogen and oxygen atoms in total. The van der Waals surface area contributed by atoms with E-state index in [1.165, 1.54) is 0 Å². The molecule has 0 aromatic heterocycles. The van der Waals surface area contributed by atoms with Crippen molar-refractivity contribution in [2.75, 3.05) is 0 Å². The summed E-state index contributed by atoms with van der Waals surface area (Å²) in [6.45, 7) is 8.57. The van der Waals surface area contributed by atoms with Crippen LogP contribution < -0.4 is 8.85 Å². The minimum atomic E-state index is -2.61. The van der Waals surface area contributed by atoms with Crippen LogP contribution in [0.4, 0.5) is 0 Å². The Morgan fingerprint density at radius 3 is 2.00 bits per heavy atom. The smallest absolute Gasteiger partial charge is 0.465 e. The summed E-state index contributed by atoms with van der Waals surface area (Å²) in [6.07, 6.45) is 0.830. The molecule has 0 aliphatic heterocycles. The number of benzene rings is 2. The van der Waals surface area contributed by atoms with Crippen LogP contribution in [0, 0.1) is 0 Å². The second-order valence-corrected chi connectivity index (χ2v) is 11.4. The predicted molar refractivity (Wildman–Crippen MR) is 103 cm³/mol. The Morgan fingerprint density at radius 2 is 1.50 bits per heavy atom. The molecule has 0 bridgehead atoms. The highest BCUT2D eigenvalue weighted by molar-refractivity contribution is 9.10. The maximum absolute atomic E-state index is 10.8. The van der Waals surface area contributed by atoms with Crippen molar-refractivity contribution in [1.82, 2.24) is 0 Å². The Balaban J connectivity index is 2.38. The first-order valence-corrected chi connectivity index (χ1v) is 10.8. The zero-order valence-electron chi connectivity index (χ0n) is 14.5. The minimum Gasteiger partial charge on any atom is -0.512 e. The predicted octanol–water partition coefficient (Wildman–Crippen LogP) is 5.98. The van der Waals surface area contributed by atoms with Crippen molar-refractivity contribution >= 4 is 30.8 Å². The summed E-state index contributed by atoms with van der Waals surface area (Å²) in [5, 5.41) is 0. The Labute approximate surface area is 153 Å². The van der Waals surface area contributed by atoms with Crippen molar-refractivity contribution in [2.24, 2.45) is 0 Å². The molecule has 0 N–H and O–H groups in total. The third-order valence-corrected chi connectivity index (χ3v) is 8.98. The van der Waals surface area contributed by atoms with E-state index in [0.717, 1.165) is 22.3 Å². The van der Waals surface area contributed by atoms with Gasteiger partial charge in [-0.1, -0.05) is 39.8 Å². The lowest BCUT2D eigenvalue weighted by atomic mass is 10.2. The van der Waals surface area contributed by atoms with Gasteiger partial charge in [-0.25, -0.2) is 0 Å². The standard InChI is InChI=1S/C19H23BrO3Si/c1-14(2)24(15(3)4,23-19-8-6-5-7-18(19)20)22-17-11-9-16(13-21)10-12-17/h5-15H,1-4H3. The average molecular weight is 407 g/mol. The molecule has 0 atom stereocenters. The molecule has 0 radical (unpaired) electrons. The largest absolute Gasteiger partial charge is 0.512 e. The van der Waals surface area contributed by atoms with Crippen LogP contribution in [0.2, 0.25) is 11.1 Å². The Bertz CT molecular complexity index is 675. The van der Waals surface area contributed by atoms with Crippen LogP contribution in [-0.4, -0.2) is 14.8 Å². The van der Waals surface area contributed by atoms with Crippen molar-refractivity contribution in [3.8, 4) is 11.5 Å². The number of para-hydroxylation sites is 1. The molecule has 0 heterocycles. The summed E-state index contributed by atoms with van der Waals surface area (Å²) in [5.41, 5.74) is 1.13. The van der Waals surface area contributed by atoms with Gasteiger partial charge in [0, 0.05) is 16.6 Å². The Kier molecular flexibility index (Phi) is 6.24. The topological polar surface area (TPSA) is 35.5 Å². The number of aldehydes is 1. The fourth-order valence-electron chi connectivity index (χ4n) is 2.66. The summed E-state index contributed by atoms with van der Waals surface area (Å²) in [4.78, 5) is 10.8. The number of hydrogen-bond donors (Lipinski definition) is 0. The summed E-state index contributed by atoms with van der Waals surface area (Å²) < 4.78 is 13.9. The molecule has 2 aromatic rings. The van der Waals surface area contributed by atoms with Crippen molar-refractivity contribution in [1.29, 1.82) is 0 Å². The van der Waals surface area contributed by atoms with Crippen molar-refractivity contribution in [2.45, 2.75) is 38.8 Å². The molecule has 0 saturated heterocycles. The van der Waals surface area contributed by atoms with Gasteiger partial charge in [-0.05, 0) is 52.3 Å². The van der Waals surface area contributed by atoms with Gasteiger partial charge in [0.15, 0.2) is 0 Å². The van der Waals surface area contributed by atoms with E-state index in [2.05, 4.69) is 43.6 Å². The highest BCUT2D eigenvalue weighted by atomic mass is 79.9. The van der Waals surface area contributed by atoms with E-state index in [4.69, 9.17) is 8.85 Å². The zero-order valence-corrected chi connectivity index (χ0v) is 17.0. The number of carbonyl (C=O) groups excluding carboxylic acids is 1. The lowest BCUT2D eigenvalue weighted by Gasteiger charge is -2.37. The Hall–Kier alpha value is -1.59. The van der Waals surface area contributed by atoms with Crippen LogP contribution in [0.5, 0.6) is 11.5 Å². The maximum atomic E-state index is 10.8. The lowest BCUT2D eigenvalue weighted by molar-refractivity contribution is 0.112. The normalized spacial score (nSPS) is 11.6. The van der Waals surface area contributed by atoms with Crippen LogP contribution in [0.1, 0.15) is 38.1 Å². The molecule has 0 unspecified atom stereocenters. The van der Waals surface area contributed by atoms with Crippen LogP contribution in [-0.2, 0) is 0 Å². The fraction of sp³-hybridized carbons (Fsp3) is 0.316. The average Bonchev–Trinajstić information content (AvgIpc) is 2.56. The molecule has 24 heavy (non-hydrogen) atoms. The highest BCUT2D eigenvalue weighted by Gasteiger charge is 2.49. The molecule has 0 aliphatic carbocycles. The molecule has 0 spiro atoms. The molecule has 0 saturated carbocycles. The van der Waals surface area contributed by atoms with Gasteiger partial charge in [-0.15, -0.1) is 0 Å². The maximum Gasteiger partial charge on any atom is 0.465 e. The fourth-order valence-corrected chi connectivity index (χ4v) is 6.52. The number of hydrogen-bond acceptors (Lipinski definition) is 3. The number of rotatable bonds is 7. The minimum absolute atomic E-state index is 0.246. The molecule has 0 aliphatic rings. The summed E-state index contributed by atoms with van der Waals surface area (Å²) in [6, 6.07) is 15.0. The van der Waals surface area contributed by atoms with Crippen molar-refractivity contribution in [3.63, 3.8) is 0 Å². The van der Waals surface area contributed by atoms with E-state index in [1.54, 1.807) is 12.1 Å². The van der Waals surface area contributed by atoms with E-state index >= 15 is 0 Å². The third kappa shape index (κ3) is 4.08. The van der Waals surface area contributed by atoms with Gasteiger partial charge < -0.3 is 8.85 Å². The van der Waals surface area contributed by atoms with Gasteiger partial charge in [0.25, 0.3) is 0 Å². The van der Waals surface area contributed by atoms with E-state index in [-0.39, 0.29) is 11.1 Å². The number of carbonyl (C=O) groups is 1. The third-order valence-electron chi connectivity index (χ3n) is 4.01. The van der Waals surface area contributed by atoms with Crippen LogP contribution >= 0.6 is 15.9 Å². The van der Waals surface area contributed by atoms with Gasteiger partial charge in [0.05, 0.1) is 4.47 Å². The second kappa shape index (κ2) is 7.99. The van der Waals surface area contributed by atoms with Gasteiger partial charge in [0.1, 0.15) is 17.8 Å². The second-order valence-electron chi connectivity index (χ2n) is 6.35. The van der Waals surface area contributed by atoms with Gasteiger partial charge in [0.2, 0.25) is 0 Å². The summed E-state index contributed by atoms with van der Waals surface area (Å²) in [5.74, 6) is 1.54. The number of halogens is 1. The van der Waals surface area contributed by atoms with Crippen LogP contribution in [0.3, 0.4) is 0 Å². The summed E-state index contributed by atoms with van der Waals surface area (Å²) >= 11 is 3.55. The zero-order chi connectivity index (χ0) is 17.7. The molecular weight excluding hydrogens is 384 g/mol. The molecular formula is C19H23BrO3Si. The van der Waals surface area contributed by atoms with E-state index in [0.29, 0.717) is 5.56 Å². The van der Waals surface area contributed by atoms with E-state index < -0.39 is 8.56 Å². The van der Waals surface area contributed by atoms with Gasteiger partial charge >= 0.3 is 8.56 Å². The molecule has 128 valence electrons. The van der Waals surface area contributed by atoms with Crippen molar-refractivity contribution in [3.05, 3.63) is 58.6 Å². The Morgan fingerprint density at radius 1 is 0.917 bits per heavy atom. The summed E-state index contributed by atoms with van der Waals surface area (Å²) in [7, 11) is -2.61. The SMILES string of the molecule is CC(C)[Si](Oc1ccc(C=O)cc1)(Oc1ccccc1Br)C(C)C. The van der Waals surface area contributed by atoms with Crippen LogP contribution in [0.25, 0.3) is 0 Å². The van der Waals surface area contributed by atoms with Crippen molar-refractivity contribution < 1.29 is 13.6 Å². The molecule has 5 heteroatoms. The lowest BCUT2D eigenvalue weighted by Crippen LogP contribution is -2.54. The highest BCUT2D eigenvalue weighted by Crippen LogP contribution is 2.38. The van der Waals surface area contributed by atoms with E-state index in [1.807, 2.05) is 36.4 Å². The van der Waals surface area contributed by atoms with Gasteiger partial charge in [-0.3, -0.25) is 4.79 Å². The first kappa shape index (κ1) is 18.7. The molecule has 0 amide bonds. The van der Waals surface area contributed by atoms with Crippen LogP contribution in [0.15, 0.2) is 53.0 Å². The van der Waals surface area contributed by atoms with E-state index in [9.17, 15) is 4.79 Å². The molecule has 2 rings (SSSR count). The molecule has 2 aromatic carbocycles. The van der Waals surface area contributed by atoms with Gasteiger partial charge in [-0.2, -0.15) is 0 Å².